The molecule has 2 heterocycles. The van der Waals surface area contributed by atoms with Crippen molar-refractivity contribution >= 4 is 17.2 Å². The topological polar surface area (TPSA) is 50.4 Å². The molecule has 1 saturated heterocycles. The van der Waals surface area contributed by atoms with Gasteiger partial charge in [-0.2, -0.15) is 0 Å². The second kappa shape index (κ2) is 8.13. The molecule has 1 atom stereocenters. The number of rotatable bonds is 6. The van der Waals surface area contributed by atoms with Crippen molar-refractivity contribution < 1.29 is 9.53 Å². The van der Waals surface area contributed by atoms with Gasteiger partial charge in [0.15, 0.2) is 0 Å². The first-order valence-corrected chi connectivity index (χ1v) is 8.94. The molecule has 2 N–H and O–H groups in total. The Morgan fingerprint density at radius 3 is 3.09 bits per heavy atom. The summed E-state index contributed by atoms with van der Waals surface area (Å²) in [6.45, 7) is 2.07. The van der Waals surface area contributed by atoms with Crippen LogP contribution in [0.2, 0.25) is 0 Å². The Morgan fingerprint density at radius 2 is 2.22 bits per heavy atom. The molecule has 0 aliphatic carbocycles. The molecule has 0 unspecified atom stereocenters. The highest BCUT2D eigenvalue weighted by Crippen LogP contribution is 2.17. The van der Waals surface area contributed by atoms with E-state index in [1.807, 2.05) is 24.3 Å². The molecule has 2 aromatic rings. The van der Waals surface area contributed by atoms with E-state index in [9.17, 15) is 4.79 Å². The number of carbonyl (C=O) groups excluding carboxylic acids is 1. The molecule has 4 nitrogen and oxygen atoms in total. The van der Waals surface area contributed by atoms with Crippen LogP contribution in [0.5, 0.6) is 5.75 Å². The summed E-state index contributed by atoms with van der Waals surface area (Å²) in [6, 6.07) is 12.1. The molecule has 1 amide bonds. The van der Waals surface area contributed by atoms with Gasteiger partial charge in [-0.15, -0.1) is 11.3 Å². The van der Waals surface area contributed by atoms with Crippen LogP contribution in [0.3, 0.4) is 0 Å². The number of hydrogen-bond acceptors (Lipinski definition) is 4. The lowest BCUT2D eigenvalue weighted by atomic mass is 10.1. The third-order valence-electron chi connectivity index (χ3n) is 3.95. The van der Waals surface area contributed by atoms with Crippen LogP contribution in [0, 0.1) is 0 Å². The van der Waals surface area contributed by atoms with Crippen LogP contribution in [0.25, 0.3) is 0 Å². The van der Waals surface area contributed by atoms with Gasteiger partial charge in [0.25, 0.3) is 0 Å². The molecule has 0 radical (unpaired) electrons. The van der Waals surface area contributed by atoms with Crippen LogP contribution in [0.4, 0.5) is 0 Å². The van der Waals surface area contributed by atoms with Crippen LogP contribution in [-0.4, -0.2) is 18.5 Å². The fourth-order valence-corrected chi connectivity index (χ4v) is 3.29. The lowest BCUT2D eigenvalue weighted by Gasteiger charge is -2.15. The Bertz CT molecular complexity index is 628. The molecule has 3 rings (SSSR count). The number of amides is 1. The van der Waals surface area contributed by atoms with Crippen LogP contribution in [-0.2, 0) is 17.9 Å². The molecule has 1 aliphatic heterocycles. The zero-order valence-electron chi connectivity index (χ0n) is 13.1. The van der Waals surface area contributed by atoms with Gasteiger partial charge in [0.05, 0.1) is 6.04 Å². The maximum absolute atomic E-state index is 11.9. The summed E-state index contributed by atoms with van der Waals surface area (Å²) in [7, 11) is 0. The minimum absolute atomic E-state index is 0.0896. The van der Waals surface area contributed by atoms with Gasteiger partial charge in [0, 0.05) is 18.0 Å². The lowest BCUT2D eigenvalue weighted by molar-refractivity contribution is -0.122. The van der Waals surface area contributed by atoms with Crippen molar-refractivity contribution in [2.45, 2.75) is 38.5 Å². The Labute approximate surface area is 140 Å². The predicted molar refractivity (Wildman–Crippen MR) is 92.6 cm³/mol. The number of nitrogens with one attached hydrogen (secondary N) is 2. The molecule has 5 heteroatoms. The zero-order chi connectivity index (χ0) is 15.9. The molecule has 1 aromatic carbocycles. The van der Waals surface area contributed by atoms with Crippen LogP contribution in [0.1, 0.15) is 29.7 Å². The zero-order valence-corrected chi connectivity index (χ0v) is 13.9. The summed E-state index contributed by atoms with van der Waals surface area (Å²) >= 11 is 1.70. The van der Waals surface area contributed by atoms with Gasteiger partial charge in [-0.05, 0) is 48.4 Å². The van der Waals surface area contributed by atoms with Crippen molar-refractivity contribution in [3.05, 3.63) is 52.2 Å². The molecule has 0 spiro atoms. The van der Waals surface area contributed by atoms with Crippen molar-refractivity contribution in [2.75, 3.05) is 6.54 Å². The standard InChI is InChI=1S/C18H22N2O2S/c21-18-17(8-1-2-9-19-18)20-12-14-5-3-6-15(11-14)22-13-16-7-4-10-23-16/h3-7,10-11,17,20H,1-2,8-9,12-13H2,(H,19,21)/t17-/m0/s1. The molecule has 23 heavy (non-hydrogen) atoms. The van der Waals surface area contributed by atoms with E-state index in [-0.39, 0.29) is 11.9 Å². The summed E-state index contributed by atoms with van der Waals surface area (Å²) in [5.74, 6) is 0.982. The van der Waals surface area contributed by atoms with E-state index in [1.165, 1.54) is 4.88 Å². The highest BCUT2D eigenvalue weighted by Gasteiger charge is 2.19. The Kier molecular flexibility index (Phi) is 5.66. The molecule has 122 valence electrons. The normalized spacial score (nSPS) is 18.3. The first-order chi connectivity index (χ1) is 11.3. The second-order valence-electron chi connectivity index (χ2n) is 5.74. The van der Waals surface area contributed by atoms with E-state index < -0.39 is 0 Å². The average molecular weight is 330 g/mol. The van der Waals surface area contributed by atoms with Crippen LogP contribution < -0.4 is 15.4 Å². The molecule has 0 bridgehead atoms. The highest BCUT2D eigenvalue weighted by atomic mass is 32.1. The largest absolute Gasteiger partial charge is 0.488 e. The molecule has 1 aliphatic rings. The minimum atomic E-state index is -0.0896. The Balaban J connectivity index is 1.53. The van der Waals surface area contributed by atoms with E-state index >= 15 is 0 Å². The maximum atomic E-state index is 11.9. The number of benzene rings is 1. The molecular formula is C18H22N2O2S. The van der Waals surface area contributed by atoms with Gasteiger partial charge in [-0.1, -0.05) is 18.2 Å². The fourth-order valence-electron chi connectivity index (χ4n) is 2.67. The monoisotopic (exact) mass is 330 g/mol. The molecule has 0 saturated carbocycles. The summed E-state index contributed by atoms with van der Waals surface area (Å²) in [5, 5.41) is 8.36. The smallest absolute Gasteiger partial charge is 0.237 e. The predicted octanol–water partition coefficient (Wildman–Crippen LogP) is 3.09. The van der Waals surface area contributed by atoms with Crippen molar-refractivity contribution in [1.29, 1.82) is 0 Å². The van der Waals surface area contributed by atoms with Gasteiger partial charge in [-0.3, -0.25) is 4.79 Å². The third-order valence-corrected chi connectivity index (χ3v) is 4.80. The number of hydrogen-bond donors (Lipinski definition) is 2. The number of carbonyl (C=O) groups is 1. The van der Waals surface area contributed by atoms with Crippen LogP contribution in [0.15, 0.2) is 41.8 Å². The first-order valence-electron chi connectivity index (χ1n) is 8.06. The SMILES string of the molecule is O=C1NCCCC[C@@H]1NCc1cccc(OCc2cccs2)c1. The summed E-state index contributed by atoms with van der Waals surface area (Å²) in [5.41, 5.74) is 1.13. The molecule has 1 fully saturated rings. The summed E-state index contributed by atoms with van der Waals surface area (Å²) in [4.78, 5) is 13.2. The van der Waals surface area contributed by atoms with E-state index in [0.717, 1.165) is 37.1 Å². The highest BCUT2D eigenvalue weighted by molar-refractivity contribution is 7.09. The van der Waals surface area contributed by atoms with Gasteiger partial charge in [0.1, 0.15) is 12.4 Å². The maximum Gasteiger partial charge on any atom is 0.237 e. The minimum Gasteiger partial charge on any atom is -0.488 e. The van der Waals surface area contributed by atoms with Gasteiger partial charge in [0.2, 0.25) is 5.91 Å². The van der Waals surface area contributed by atoms with E-state index in [0.29, 0.717) is 13.2 Å². The lowest BCUT2D eigenvalue weighted by Crippen LogP contribution is -2.42. The third kappa shape index (κ3) is 4.81. The van der Waals surface area contributed by atoms with E-state index in [1.54, 1.807) is 11.3 Å². The van der Waals surface area contributed by atoms with Gasteiger partial charge >= 0.3 is 0 Å². The van der Waals surface area contributed by atoms with Gasteiger partial charge in [-0.25, -0.2) is 0 Å². The van der Waals surface area contributed by atoms with E-state index in [2.05, 4.69) is 28.1 Å². The average Bonchev–Trinajstić information content (AvgIpc) is 3.01. The van der Waals surface area contributed by atoms with E-state index in [4.69, 9.17) is 4.74 Å². The Hall–Kier alpha value is -1.85. The van der Waals surface area contributed by atoms with Crippen molar-refractivity contribution in [2.24, 2.45) is 0 Å². The summed E-state index contributed by atoms with van der Waals surface area (Å²) < 4.78 is 5.83. The van der Waals surface area contributed by atoms with Gasteiger partial charge < -0.3 is 15.4 Å². The fraction of sp³-hybridized carbons (Fsp3) is 0.389. The van der Waals surface area contributed by atoms with Crippen molar-refractivity contribution in [1.82, 2.24) is 10.6 Å². The van der Waals surface area contributed by atoms with Crippen molar-refractivity contribution in [3.63, 3.8) is 0 Å². The summed E-state index contributed by atoms with van der Waals surface area (Å²) in [6.07, 6.45) is 3.05. The number of ether oxygens (including phenoxy) is 1. The molecule has 1 aromatic heterocycles. The quantitative estimate of drug-likeness (QED) is 0.856. The number of thiophene rings is 1. The first kappa shape index (κ1) is 16.0. The molecular weight excluding hydrogens is 308 g/mol. The van der Waals surface area contributed by atoms with Crippen LogP contribution >= 0.6 is 11.3 Å². The second-order valence-corrected chi connectivity index (χ2v) is 6.77. The van der Waals surface area contributed by atoms with Crippen molar-refractivity contribution in [3.8, 4) is 5.75 Å². The Morgan fingerprint density at radius 1 is 1.26 bits per heavy atom.